The van der Waals surface area contributed by atoms with Crippen molar-refractivity contribution >= 4 is 27.5 Å². The van der Waals surface area contributed by atoms with Crippen LogP contribution in [0, 0.1) is 11.3 Å². The van der Waals surface area contributed by atoms with Gasteiger partial charge in [0.2, 0.25) is 0 Å². The first-order valence-electron chi connectivity index (χ1n) is 8.66. The minimum atomic E-state index is -3.77. The van der Waals surface area contributed by atoms with Crippen LogP contribution in [-0.2, 0) is 19.6 Å². The molecular formula is C18H22N4O4S. The Labute approximate surface area is 159 Å². The maximum absolute atomic E-state index is 12.6. The minimum absolute atomic E-state index is 0.0579. The number of amidine groups is 1. The number of hydrogen-bond acceptors (Lipinski definition) is 7. The van der Waals surface area contributed by atoms with Gasteiger partial charge in [0, 0.05) is 24.9 Å². The van der Waals surface area contributed by atoms with Crippen LogP contribution in [0.25, 0.3) is 0 Å². The normalized spacial score (nSPS) is 15.1. The SMILES string of the molecule is CCOC(=O)/C(C#N)=C/Nc1cccc(S(=O)(=O)NC2=NCCCCC2)c1. The van der Waals surface area contributed by atoms with Gasteiger partial charge in [-0.25, -0.2) is 13.2 Å². The molecule has 2 N–H and O–H groups in total. The molecule has 0 aromatic heterocycles. The highest BCUT2D eigenvalue weighted by atomic mass is 32.2. The Morgan fingerprint density at radius 3 is 2.93 bits per heavy atom. The van der Waals surface area contributed by atoms with E-state index in [1.165, 1.54) is 18.3 Å². The zero-order valence-corrected chi connectivity index (χ0v) is 15.9. The van der Waals surface area contributed by atoms with Crippen LogP contribution in [0.15, 0.2) is 45.9 Å². The maximum Gasteiger partial charge on any atom is 0.350 e. The molecule has 0 fully saturated rings. The van der Waals surface area contributed by atoms with E-state index < -0.39 is 16.0 Å². The summed E-state index contributed by atoms with van der Waals surface area (Å²) in [5.41, 5.74) is 0.203. The van der Waals surface area contributed by atoms with Gasteiger partial charge in [-0.1, -0.05) is 12.5 Å². The van der Waals surface area contributed by atoms with Crippen LogP contribution in [-0.4, -0.2) is 33.4 Å². The quantitative estimate of drug-likeness (QED) is 0.437. The predicted octanol–water partition coefficient (Wildman–Crippen LogP) is 2.32. The monoisotopic (exact) mass is 390 g/mol. The number of aliphatic imine (C=N–C) groups is 1. The second kappa shape index (κ2) is 9.73. The van der Waals surface area contributed by atoms with E-state index in [0.717, 1.165) is 19.3 Å². The molecule has 9 heteroatoms. The highest BCUT2D eigenvalue weighted by molar-refractivity contribution is 7.90. The zero-order chi connectivity index (χ0) is 19.7. The fourth-order valence-electron chi connectivity index (χ4n) is 2.43. The van der Waals surface area contributed by atoms with E-state index >= 15 is 0 Å². The van der Waals surface area contributed by atoms with Gasteiger partial charge in [-0.2, -0.15) is 5.26 Å². The Bertz CT molecular complexity index is 885. The van der Waals surface area contributed by atoms with Gasteiger partial charge in [0.05, 0.1) is 11.5 Å². The van der Waals surface area contributed by atoms with Gasteiger partial charge < -0.3 is 10.1 Å². The van der Waals surface area contributed by atoms with Crippen molar-refractivity contribution in [3.8, 4) is 6.07 Å². The van der Waals surface area contributed by atoms with E-state index in [2.05, 4.69) is 15.0 Å². The highest BCUT2D eigenvalue weighted by Crippen LogP contribution is 2.17. The number of sulfonamides is 1. The topological polar surface area (TPSA) is 121 Å². The lowest BCUT2D eigenvalue weighted by molar-refractivity contribution is -0.138. The van der Waals surface area contributed by atoms with Crippen molar-refractivity contribution in [1.29, 1.82) is 5.26 Å². The third-order valence-electron chi connectivity index (χ3n) is 3.77. The number of esters is 1. The number of benzene rings is 1. The van der Waals surface area contributed by atoms with E-state index in [9.17, 15) is 13.2 Å². The standard InChI is InChI=1S/C18H22N4O4S/c1-2-26-18(23)14(12-19)13-21-15-7-6-8-16(11-15)27(24,25)22-17-9-4-3-5-10-20-17/h6-8,11,13,21H,2-5,9-10H2,1H3,(H,20,22)/b14-13+. The fraction of sp³-hybridized carbons (Fsp3) is 0.389. The summed E-state index contributed by atoms with van der Waals surface area (Å²) < 4.78 is 32.5. The summed E-state index contributed by atoms with van der Waals surface area (Å²) in [5.74, 6) is -0.274. The highest BCUT2D eigenvalue weighted by Gasteiger charge is 2.17. The number of anilines is 1. The summed E-state index contributed by atoms with van der Waals surface area (Å²) in [6.07, 6.45) is 4.68. The summed E-state index contributed by atoms with van der Waals surface area (Å²) in [7, 11) is -3.77. The van der Waals surface area contributed by atoms with Crippen molar-refractivity contribution in [2.75, 3.05) is 18.5 Å². The van der Waals surface area contributed by atoms with Gasteiger partial charge in [-0.05, 0) is 38.0 Å². The molecular weight excluding hydrogens is 368 g/mol. The number of nitriles is 1. The number of ether oxygens (including phenoxy) is 1. The van der Waals surface area contributed by atoms with Crippen LogP contribution in [0.1, 0.15) is 32.6 Å². The Balaban J connectivity index is 2.15. The zero-order valence-electron chi connectivity index (χ0n) is 15.1. The van der Waals surface area contributed by atoms with Crippen LogP contribution >= 0.6 is 0 Å². The van der Waals surface area contributed by atoms with Crippen LogP contribution in [0.5, 0.6) is 0 Å². The molecule has 0 atom stereocenters. The van der Waals surface area contributed by atoms with Gasteiger partial charge in [-0.3, -0.25) is 9.71 Å². The van der Waals surface area contributed by atoms with Crippen LogP contribution in [0.4, 0.5) is 5.69 Å². The number of nitrogens with one attached hydrogen (secondary N) is 2. The average Bonchev–Trinajstić information content (AvgIpc) is 2.91. The predicted molar refractivity (Wildman–Crippen MR) is 101 cm³/mol. The van der Waals surface area contributed by atoms with Gasteiger partial charge in [0.15, 0.2) is 5.57 Å². The number of carbonyl (C=O) groups excluding carboxylic acids is 1. The van der Waals surface area contributed by atoms with E-state index in [1.54, 1.807) is 25.1 Å². The van der Waals surface area contributed by atoms with Crippen LogP contribution in [0.3, 0.4) is 0 Å². The van der Waals surface area contributed by atoms with Crippen molar-refractivity contribution in [2.24, 2.45) is 4.99 Å². The molecule has 0 radical (unpaired) electrons. The van der Waals surface area contributed by atoms with E-state index in [0.29, 0.717) is 24.5 Å². The first-order valence-corrected chi connectivity index (χ1v) is 10.1. The van der Waals surface area contributed by atoms with Gasteiger partial charge >= 0.3 is 5.97 Å². The fourth-order valence-corrected chi connectivity index (χ4v) is 3.56. The molecule has 0 spiro atoms. The second-order valence-electron chi connectivity index (χ2n) is 5.81. The van der Waals surface area contributed by atoms with E-state index in [4.69, 9.17) is 10.00 Å². The Hall–Kier alpha value is -2.86. The van der Waals surface area contributed by atoms with Crippen molar-refractivity contribution in [2.45, 2.75) is 37.5 Å². The maximum atomic E-state index is 12.6. The third-order valence-corrected chi connectivity index (χ3v) is 5.15. The number of nitrogens with zero attached hydrogens (tertiary/aromatic N) is 2. The lowest BCUT2D eigenvalue weighted by Crippen LogP contribution is -2.30. The lowest BCUT2D eigenvalue weighted by Gasteiger charge is -2.11. The molecule has 0 bridgehead atoms. The first-order chi connectivity index (χ1) is 13.0. The Kier molecular flexibility index (Phi) is 7.37. The van der Waals surface area contributed by atoms with Crippen LogP contribution in [0.2, 0.25) is 0 Å². The smallest absolute Gasteiger partial charge is 0.350 e. The number of rotatable bonds is 6. The molecule has 0 amide bonds. The van der Waals surface area contributed by atoms with Crippen molar-refractivity contribution < 1.29 is 17.9 Å². The molecule has 1 aliphatic rings. The molecule has 8 nitrogen and oxygen atoms in total. The molecule has 2 rings (SSSR count). The third kappa shape index (κ3) is 6.11. The molecule has 1 aromatic carbocycles. The summed E-state index contributed by atoms with van der Waals surface area (Å²) in [6, 6.07) is 7.81. The van der Waals surface area contributed by atoms with Crippen molar-refractivity contribution in [1.82, 2.24) is 4.72 Å². The van der Waals surface area contributed by atoms with Gasteiger partial charge in [-0.15, -0.1) is 0 Å². The first kappa shape index (κ1) is 20.5. The molecule has 0 saturated heterocycles. The molecule has 1 aliphatic heterocycles. The molecule has 1 heterocycles. The average molecular weight is 390 g/mol. The lowest BCUT2D eigenvalue weighted by atomic mass is 10.2. The Morgan fingerprint density at radius 1 is 1.37 bits per heavy atom. The van der Waals surface area contributed by atoms with Gasteiger partial charge in [0.1, 0.15) is 11.9 Å². The van der Waals surface area contributed by atoms with E-state index in [-0.39, 0.29) is 17.1 Å². The second-order valence-corrected chi connectivity index (χ2v) is 7.49. The molecule has 0 unspecified atom stereocenters. The summed E-state index contributed by atoms with van der Waals surface area (Å²) in [4.78, 5) is 15.9. The summed E-state index contributed by atoms with van der Waals surface area (Å²) in [5, 5.41) is 11.8. The molecule has 0 saturated carbocycles. The molecule has 27 heavy (non-hydrogen) atoms. The number of hydrogen-bond donors (Lipinski definition) is 2. The van der Waals surface area contributed by atoms with Crippen molar-refractivity contribution in [3.63, 3.8) is 0 Å². The minimum Gasteiger partial charge on any atom is -0.462 e. The van der Waals surface area contributed by atoms with Crippen LogP contribution < -0.4 is 10.0 Å². The van der Waals surface area contributed by atoms with Crippen molar-refractivity contribution in [3.05, 3.63) is 36.0 Å². The number of carbonyl (C=O) groups is 1. The van der Waals surface area contributed by atoms with Gasteiger partial charge in [0.25, 0.3) is 10.0 Å². The largest absolute Gasteiger partial charge is 0.462 e. The molecule has 1 aromatic rings. The Morgan fingerprint density at radius 2 is 2.19 bits per heavy atom. The summed E-state index contributed by atoms with van der Waals surface area (Å²) >= 11 is 0. The molecule has 0 aliphatic carbocycles. The molecule has 144 valence electrons. The van der Waals surface area contributed by atoms with E-state index in [1.807, 2.05) is 0 Å². The summed E-state index contributed by atoms with van der Waals surface area (Å²) in [6.45, 7) is 2.41.